The summed E-state index contributed by atoms with van der Waals surface area (Å²) >= 11 is 0. The largest absolute Gasteiger partial charge is 0.497 e. The Kier molecular flexibility index (Phi) is 2.37. The minimum Gasteiger partial charge on any atom is -0.497 e. The number of aromatic amines is 1. The number of aromatic nitrogens is 2. The molecule has 2 aromatic rings. The van der Waals surface area contributed by atoms with Crippen LogP contribution in [-0.2, 0) is 19.4 Å². The van der Waals surface area contributed by atoms with Crippen LogP contribution in [0.1, 0.15) is 17.1 Å². The van der Waals surface area contributed by atoms with E-state index in [0.717, 1.165) is 30.1 Å². The van der Waals surface area contributed by atoms with Gasteiger partial charge in [0.15, 0.2) is 0 Å². The Hall–Kier alpha value is -1.81. The zero-order valence-corrected chi connectivity index (χ0v) is 9.79. The summed E-state index contributed by atoms with van der Waals surface area (Å²) in [6.45, 7) is 0.457. The third-order valence-electron chi connectivity index (χ3n) is 3.23. The van der Waals surface area contributed by atoms with Gasteiger partial charge in [0, 0.05) is 11.3 Å². The van der Waals surface area contributed by atoms with E-state index in [2.05, 4.69) is 22.1 Å². The number of nitrogens with two attached hydrogens (primary N) is 1. The maximum atomic E-state index is 5.61. The Bertz CT molecular complexity index is 560. The smallest absolute Gasteiger partial charge is 0.120 e. The van der Waals surface area contributed by atoms with E-state index in [1.165, 1.54) is 16.8 Å². The third-order valence-corrected chi connectivity index (χ3v) is 3.23. The highest BCUT2D eigenvalue weighted by Crippen LogP contribution is 2.33. The number of methoxy groups -OCH3 is 1. The average molecular weight is 229 g/mol. The van der Waals surface area contributed by atoms with Crippen LogP contribution in [0.25, 0.3) is 11.3 Å². The molecule has 3 rings (SSSR count). The molecule has 0 bridgehead atoms. The molecule has 1 aliphatic carbocycles. The molecular formula is C13H15N3O. The van der Waals surface area contributed by atoms with Gasteiger partial charge in [0.1, 0.15) is 11.6 Å². The zero-order valence-electron chi connectivity index (χ0n) is 9.79. The van der Waals surface area contributed by atoms with E-state index < -0.39 is 0 Å². The van der Waals surface area contributed by atoms with Crippen LogP contribution < -0.4 is 10.5 Å². The standard InChI is InChI=1S/C13H15N3O/c1-17-9-3-4-10-8(6-9)2-5-11-13(10)16-12(7-14)15-11/h3-4,6H,2,5,7,14H2,1H3,(H,15,16). The Labute approximate surface area is 99.8 Å². The topological polar surface area (TPSA) is 63.9 Å². The molecule has 0 radical (unpaired) electrons. The molecule has 88 valence electrons. The minimum atomic E-state index is 0.457. The van der Waals surface area contributed by atoms with Gasteiger partial charge in [-0.05, 0) is 36.6 Å². The van der Waals surface area contributed by atoms with Gasteiger partial charge in [0.2, 0.25) is 0 Å². The number of nitrogens with zero attached hydrogens (tertiary/aromatic N) is 1. The zero-order chi connectivity index (χ0) is 11.8. The lowest BCUT2D eigenvalue weighted by Gasteiger charge is -2.15. The highest BCUT2D eigenvalue weighted by molar-refractivity contribution is 5.69. The van der Waals surface area contributed by atoms with Crippen molar-refractivity contribution in [3.05, 3.63) is 35.3 Å². The second-order valence-corrected chi connectivity index (χ2v) is 4.24. The number of rotatable bonds is 2. The maximum absolute atomic E-state index is 5.61. The Balaban J connectivity index is 2.12. The second kappa shape index (κ2) is 3.89. The summed E-state index contributed by atoms with van der Waals surface area (Å²) in [7, 11) is 1.69. The number of ether oxygens (including phenoxy) is 1. The van der Waals surface area contributed by atoms with Crippen molar-refractivity contribution < 1.29 is 4.74 Å². The second-order valence-electron chi connectivity index (χ2n) is 4.24. The first-order valence-corrected chi connectivity index (χ1v) is 5.77. The molecule has 4 nitrogen and oxygen atoms in total. The molecule has 0 atom stereocenters. The molecule has 0 aliphatic heterocycles. The van der Waals surface area contributed by atoms with Gasteiger partial charge in [-0.3, -0.25) is 0 Å². The summed E-state index contributed by atoms with van der Waals surface area (Å²) in [6.07, 6.45) is 2.01. The summed E-state index contributed by atoms with van der Waals surface area (Å²) in [4.78, 5) is 7.83. The van der Waals surface area contributed by atoms with Crippen molar-refractivity contribution >= 4 is 0 Å². The van der Waals surface area contributed by atoms with Crippen LogP contribution >= 0.6 is 0 Å². The van der Waals surface area contributed by atoms with E-state index in [4.69, 9.17) is 10.5 Å². The molecule has 1 heterocycles. The number of aryl methyl sites for hydroxylation is 2. The first kappa shape index (κ1) is 10.4. The number of H-pyrrole nitrogens is 1. The molecule has 1 aliphatic rings. The fourth-order valence-corrected chi connectivity index (χ4v) is 2.36. The molecule has 0 amide bonds. The molecule has 0 unspecified atom stereocenters. The fraction of sp³-hybridized carbons (Fsp3) is 0.308. The van der Waals surface area contributed by atoms with E-state index in [1.807, 2.05) is 6.07 Å². The van der Waals surface area contributed by atoms with E-state index in [-0.39, 0.29) is 0 Å². The van der Waals surface area contributed by atoms with Crippen LogP contribution in [-0.4, -0.2) is 17.1 Å². The molecule has 17 heavy (non-hydrogen) atoms. The normalized spacial score (nSPS) is 13.1. The molecule has 1 aromatic heterocycles. The molecule has 0 saturated carbocycles. The van der Waals surface area contributed by atoms with Gasteiger partial charge in [-0.2, -0.15) is 0 Å². The van der Waals surface area contributed by atoms with Crippen molar-refractivity contribution in [2.45, 2.75) is 19.4 Å². The van der Waals surface area contributed by atoms with E-state index in [0.29, 0.717) is 6.54 Å². The van der Waals surface area contributed by atoms with Crippen LogP contribution in [0.4, 0.5) is 0 Å². The van der Waals surface area contributed by atoms with Crippen molar-refractivity contribution in [2.75, 3.05) is 7.11 Å². The number of nitrogens with one attached hydrogen (secondary N) is 1. The van der Waals surface area contributed by atoms with Crippen LogP contribution in [0.15, 0.2) is 18.2 Å². The summed E-state index contributed by atoms with van der Waals surface area (Å²) < 4.78 is 5.25. The molecule has 4 heteroatoms. The van der Waals surface area contributed by atoms with Crippen LogP contribution in [0, 0.1) is 0 Å². The van der Waals surface area contributed by atoms with Gasteiger partial charge in [-0.25, -0.2) is 4.98 Å². The average Bonchev–Trinajstić information content (AvgIpc) is 2.81. The van der Waals surface area contributed by atoms with Gasteiger partial charge < -0.3 is 15.5 Å². The Morgan fingerprint density at radius 3 is 3.06 bits per heavy atom. The Morgan fingerprint density at radius 1 is 1.41 bits per heavy atom. The van der Waals surface area contributed by atoms with Crippen LogP contribution in [0.2, 0.25) is 0 Å². The maximum Gasteiger partial charge on any atom is 0.120 e. The number of hydrogen-bond donors (Lipinski definition) is 2. The first-order chi connectivity index (χ1) is 8.31. The van der Waals surface area contributed by atoms with Crippen LogP contribution in [0.5, 0.6) is 5.75 Å². The third kappa shape index (κ3) is 1.61. The lowest BCUT2D eigenvalue weighted by atomic mass is 9.92. The van der Waals surface area contributed by atoms with Crippen LogP contribution in [0.3, 0.4) is 0 Å². The van der Waals surface area contributed by atoms with Gasteiger partial charge in [-0.1, -0.05) is 0 Å². The Morgan fingerprint density at radius 2 is 2.29 bits per heavy atom. The number of imidazole rings is 1. The highest BCUT2D eigenvalue weighted by Gasteiger charge is 2.20. The number of fused-ring (bicyclic) bond motifs is 3. The summed E-state index contributed by atoms with van der Waals surface area (Å²) in [5.41, 5.74) is 10.4. The summed E-state index contributed by atoms with van der Waals surface area (Å²) in [6, 6.07) is 6.15. The van der Waals surface area contributed by atoms with E-state index in [1.54, 1.807) is 7.11 Å². The van der Waals surface area contributed by atoms with Crippen molar-refractivity contribution in [3.8, 4) is 17.0 Å². The SMILES string of the molecule is COc1ccc2c(c1)CCc1[nH]c(CN)nc1-2. The van der Waals surface area contributed by atoms with Gasteiger partial charge >= 0.3 is 0 Å². The number of hydrogen-bond acceptors (Lipinski definition) is 3. The predicted octanol–water partition coefficient (Wildman–Crippen LogP) is 1.64. The predicted molar refractivity (Wildman–Crippen MR) is 65.9 cm³/mol. The van der Waals surface area contributed by atoms with Gasteiger partial charge in [0.05, 0.1) is 19.3 Å². The monoisotopic (exact) mass is 229 g/mol. The minimum absolute atomic E-state index is 0.457. The lowest BCUT2D eigenvalue weighted by Crippen LogP contribution is -2.03. The lowest BCUT2D eigenvalue weighted by molar-refractivity contribution is 0.414. The first-order valence-electron chi connectivity index (χ1n) is 5.77. The van der Waals surface area contributed by atoms with Gasteiger partial charge in [0.25, 0.3) is 0 Å². The molecule has 0 saturated heterocycles. The molecular weight excluding hydrogens is 214 g/mol. The quantitative estimate of drug-likeness (QED) is 0.822. The molecule has 0 spiro atoms. The molecule has 3 N–H and O–H groups in total. The number of benzene rings is 1. The van der Waals surface area contributed by atoms with Crippen molar-refractivity contribution in [1.29, 1.82) is 0 Å². The van der Waals surface area contributed by atoms with E-state index >= 15 is 0 Å². The summed E-state index contributed by atoms with van der Waals surface area (Å²) in [5, 5.41) is 0. The van der Waals surface area contributed by atoms with Gasteiger partial charge in [-0.15, -0.1) is 0 Å². The van der Waals surface area contributed by atoms with Crippen molar-refractivity contribution in [1.82, 2.24) is 9.97 Å². The van der Waals surface area contributed by atoms with Crippen molar-refractivity contribution in [3.63, 3.8) is 0 Å². The van der Waals surface area contributed by atoms with Crippen molar-refractivity contribution in [2.24, 2.45) is 5.73 Å². The summed E-state index contributed by atoms with van der Waals surface area (Å²) in [5.74, 6) is 1.76. The molecule has 1 aromatic carbocycles. The fourth-order valence-electron chi connectivity index (χ4n) is 2.36. The molecule has 0 fully saturated rings. The van der Waals surface area contributed by atoms with E-state index in [9.17, 15) is 0 Å². The highest BCUT2D eigenvalue weighted by atomic mass is 16.5.